The Morgan fingerprint density at radius 1 is 1.22 bits per heavy atom. The zero-order valence-electron chi connectivity index (χ0n) is 6.23. The highest BCUT2D eigenvalue weighted by molar-refractivity contribution is 4.74. The molecule has 0 aliphatic heterocycles. The molecule has 0 bridgehead atoms. The molecule has 3 atom stereocenters. The summed E-state index contributed by atoms with van der Waals surface area (Å²) in [7, 11) is 0. The number of halogens is 1. The van der Waals surface area contributed by atoms with Crippen LogP contribution in [-0.4, -0.2) is 6.17 Å². The first kappa shape index (κ1) is 7.04. The third kappa shape index (κ3) is 1.67. The topological polar surface area (TPSA) is 0 Å². The Balaban J connectivity index is 2.35. The lowest BCUT2D eigenvalue weighted by molar-refractivity contribution is 0.145. The molecule has 1 aliphatic carbocycles. The van der Waals surface area contributed by atoms with Crippen LogP contribution in [0.15, 0.2) is 0 Å². The van der Waals surface area contributed by atoms with E-state index in [1.807, 2.05) is 6.92 Å². The summed E-state index contributed by atoms with van der Waals surface area (Å²) >= 11 is 0. The van der Waals surface area contributed by atoms with Crippen molar-refractivity contribution in [3.8, 4) is 0 Å². The first-order chi connectivity index (χ1) is 4.20. The average molecular weight is 130 g/mol. The maximum Gasteiger partial charge on any atom is 0.103 e. The first-order valence-corrected chi connectivity index (χ1v) is 3.84. The average Bonchev–Trinajstić information content (AvgIpc) is 1.80. The van der Waals surface area contributed by atoms with Crippen molar-refractivity contribution in [3.63, 3.8) is 0 Å². The van der Waals surface area contributed by atoms with Crippen LogP contribution in [0.4, 0.5) is 4.39 Å². The molecule has 0 saturated heterocycles. The molecule has 0 nitrogen and oxygen atoms in total. The first-order valence-electron chi connectivity index (χ1n) is 3.84. The molecule has 1 heteroatoms. The second kappa shape index (κ2) is 2.68. The number of hydrogen-bond donors (Lipinski definition) is 0. The standard InChI is InChI=1S/C8H15F/c1-6-3-4-7(2)8(9)5-6/h6-8H,3-5H2,1-2H3/t6-,7-,8+/m1/s1. The van der Waals surface area contributed by atoms with E-state index in [4.69, 9.17) is 0 Å². The van der Waals surface area contributed by atoms with Crippen LogP contribution in [0, 0.1) is 11.8 Å². The van der Waals surface area contributed by atoms with Gasteiger partial charge in [0.15, 0.2) is 0 Å². The van der Waals surface area contributed by atoms with Gasteiger partial charge in [-0.25, -0.2) is 4.39 Å². The van der Waals surface area contributed by atoms with Crippen LogP contribution in [0.3, 0.4) is 0 Å². The Hall–Kier alpha value is -0.0700. The SMILES string of the molecule is C[C@@H]1CC[C@@H](C)[C@@H](F)C1. The minimum Gasteiger partial charge on any atom is -0.247 e. The third-order valence-electron chi connectivity index (χ3n) is 2.36. The number of rotatable bonds is 0. The van der Waals surface area contributed by atoms with E-state index in [-0.39, 0.29) is 0 Å². The van der Waals surface area contributed by atoms with Gasteiger partial charge in [-0.15, -0.1) is 0 Å². The monoisotopic (exact) mass is 130 g/mol. The maximum atomic E-state index is 12.8. The quantitative estimate of drug-likeness (QED) is 0.473. The van der Waals surface area contributed by atoms with E-state index < -0.39 is 6.17 Å². The molecule has 1 rings (SSSR count). The summed E-state index contributed by atoms with van der Waals surface area (Å²) in [4.78, 5) is 0. The van der Waals surface area contributed by atoms with Gasteiger partial charge in [-0.05, 0) is 24.7 Å². The van der Waals surface area contributed by atoms with E-state index in [0.29, 0.717) is 11.8 Å². The van der Waals surface area contributed by atoms with Gasteiger partial charge < -0.3 is 0 Å². The van der Waals surface area contributed by atoms with Gasteiger partial charge in [-0.3, -0.25) is 0 Å². The molecule has 0 aromatic rings. The van der Waals surface area contributed by atoms with Crippen LogP contribution < -0.4 is 0 Å². The molecule has 9 heavy (non-hydrogen) atoms. The third-order valence-corrected chi connectivity index (χ3v) is 2.36. The molecule has 1 fully saturated rings. The van der Waals surface area contributed by atoms with Crippen LogP contribution >= 0.6 is 0 Å². The Labute approximate surface area is 56.5 Å². The largest absolute Gasteiger partial charge is 0.247 e. The number of alkyl halides is 1. The summed E-state index contributed by atoms with van der Waals surface area (Å²) in [5.74, 6) is 0.942. The normalized spacial score (nSPS) is 45.0. The zero-order valence-corrected chi connectivity index (χ0v) is 6.23. The van der Waals surface area contributed by atoms with Crippen LogP contribution in [0.5, 0.6) is 0 Å². The summed E-state index contributed by atoms with van der Waals surface area (Å²) < 4.78 is 12.8. The summed E-state index contributed by atoms with van der Waals surface area (Å²) in [5.41, 5.74) is 0. The van der Waals surface area contributed by atoms with Crippen molar-refractivity contribution in [1.29, 1.82) is 0 Å². The van der Waals surface area contributed by atoms with Crippen molar-refractivity contribution < 1.29 is 4.39 Å². The minimum atomic E-state index is -0.520. The molecule has 0 amide bonds. The van der Waals surface area contributed by atoms with E-state index in [1.165, 1.54) is 6.42 Å². The molecule has 0 aromatic carbocycles. The van der Waals surface area contributed by atoms with Crippen LogP contribution in [0.25, 0.3) is 0 Å². The molecular formula is C8H15F. The lowest BCUT2D eigenvalue weighted by atomic mass is 9.83. The van der Waals surface area contributed by atoms with Crippen molar-refractivity contribution in [1.82, 2.24) is 0 Å². The smallest absolute Gasteiger partial charge is 0.103 e. The lowest BCUT2D eigenvalue weighted by Gasteiger charge is -2.26. The fourth-order valence-electron chi connectivity index (χ4n) is 1.46. The molecule has 1 saturated carbocycles. The van der Waals surface area contributed by atoms with E-state index in [9.17, 15) is 4.39 Å². The van der Waals surface area contributed by atoms with Gasteiger partial charge in [0.05, 0.1) is 0 Å². The van der Waals surface area contributed by atoms with Crippen molar-refractivity contribution in [2.45, 2.75) is 39.3 Å². The van der Waals surface area contributed by atoms with Crippen LogP contribution in [0.1, 0.15) is 33.1 Å². The highest BCUT2D eigenvalue weighted by Crippen LogP contribution is 2.30. The fourth-order valence-corrected chi connectivity index (χ4v) is 1.46. The van der Waals surface area contributed by atoms with Crippen LogP contribution in [-0.2, 0) is 0 Å². The predicted octanol–water partition coefficient (Wildman–Crippen LogP) is 2.78. The second-order valence-corrected chi connectivity index (χ2v) is 3.41. The van der Waals surface area contributed by atoms with Gasteiger partial charge in [0, 0.05) is 0 Å². The summed E-state index contributed by atoms with van der Waals surface area (Å²) in [6.07, 6.45) is 2.58. The summed E-state index contributed by atoms with van der Waals surface area (Å²) in [6.45, 7) is 4.15. The van der Waals surface area contributed by atoms with Gasteiger partial charge in [-0.1, -0.05) is 20.3 Å². The zero-order chi connectivity index (χ0) is 6.85. The van der Waals surface area contributed by atoms with E-state index in [2.05, 4.69) is 6.92 Å². The Kier molecular flexibility index (Phi) is 2.09. The highest BCUT2D eigenvalue weighted by Gasteiger charge is 2.24. The molecule has 1 aliphatic rings. The van der Waals surface area contributed by atoms with Crippen molar-refractivity contribution >= 4 is 0 Å². The Morgan fingerprint density at radius 3 is 2.33 bits per heavy atom. The van der Waals surface area contributed by atoms with E-state index in [1.54, 1.807) is 0 Å². The van der Waals surface area contributed by atoms with Crippen molar-refractivity contribution in [2.75, 3.05) is 0 Å². The molecule has 0 spiro atoms. The fraction of sp³-hybridized carbons (Fsp3) is 1.00. The van der Waals surface area contributed by atoms with Crippen molar-refractivity contribution in [2.24, 2.45) is 11.8 Å². The van der Waals surface area contributed by atoms with Crippen LogP contribution in [0.2, 0.25) is 0 Å². The van der Waals surface area contributed by atoms with Crippen molar-refractivity contribution in [3.05, 3.63) is 0 Å². The maximum absolute atomic E-state index is 12.8. The second-order valence-electron chi connectivity index (χ2n) is 3.41. The minimum absolute atomic E-state index is 0.321. The van der Waals surface area contributed by atoms with E-state index >= 15 is 0 Å². The Bertz CT molecular complexity index is 90.6. The molecule has 0 unspecified atom stereocenters. The van der Waals surface area contributed by atoms with Gasteiger partial charge in [-0.2, -0.15) is 0 Å². The summed E-state index contributed by atoms with van der Waals surface area (Å²) in [6, 6.07) is 0. The molecule has 0 heterocycles. The highest BCUT2D eigenvalue weighted by atomic mass is 19.1. The molecular weight excluding hydrogens is 115 g/mol. The van der Waals surface area contributed by atoms with Gasteiger partial charge in [0.1, 0.15) is 6.17 Å². The van der Waals surface area contributed by atoms with Gasteiger partial charge in [0.2, 0.25) is 0 Å². The van der Waals surface area contributed by atoms with E-state index in [0.717, 1.165) is 12.8 Å². The predicted molar refractivity (Wildman–Crippen MR) is 37.1 cm³/mol. The molecule has 0 aromatic heterocycles. The molecule has 0 N–H and O–H groups in total. The molecule has 0 radical (unpaired) electrons. The van der Waals surface area contributed by atoms with Gasteiger partial charge in [0.25, 0.3) is 0 Å². The Morgan fingerprint density at radius 2 is 1.89 bits per heavy atom. The number of hydrogen-bond acceptors (Lipinski definition) is 0. The van der Waals surface area contributed by atoms with Gasteiger partial charge >= 0.3 is 0 Å². The summed E-state index contributed by atoms with van der Waals surface area (Å²) in [5, 5.41) is 0. The molecule has 54 valence electrons. The lowest BCUT2D eigenvalue weighted by Crippen LogP contribution is -2.22.